The standard InChI is InChI=1S/C24H26N4O/c25-18-4-6-19(7-5-18)28-23-20-13-17(15-9-11-26-12-10-15)3-8-22(20)27-14-21(23)24(29)16-1-2-16/h3,8-14,16,18-19H,1-2,4-7,25H2,(H,27,28)/t18-,19-. The maximum absolute atomic E-state index is 13.0. The highest BCUT2D eigenvalue weighted by Gasteiger charge is 2.33. The van der Waals surface area contributed by atoms with Crippen molar-refractivity contribution in [2.75, 3.05) is 5.32 Å². The monoisotopic (exact) mass is 386 g/mol. The Kier molecular flexibility index (Phi) is 4.76. The van der Waals surface area contributed by atoms with Crippen molar-refractivity contribution in [1.29, 1.82) is 0 Å². The molecular formula is C24H26N4O. The summed E-state index contributed by atoms with van der Waals surface area (Å²) < 4.78 is 0. The largest absolute Gasteiger partial charge is 0.381 e. The number of rotatable bonds is 5. The first-order valence-corrected chi connectivity index (χ1v) is 10.6. The first-order valence-electron chi connectivity index (χ1n) is 10.6. The second-order valence-electron chi connectivity index (χ2n) is 8.41. The molecule has 2 aliphatic carbocycles. The van der Waals surface area contributed by atoms with E-state index >= 15 is 0 Å². The van der Waals surface area contributed by atoms with Crippen LogP contribution in [0.15, 0.2) is 48.9 Å². The number of fused-ring (bicyclic) bond motifs is 1. The van der Waals surface area contributed by atoms with E-state index in [0.29, 0.717) is 12.1 Å². The maximum Gasteiger partial charge on any atom is 0.169 e. The van der Waals surface area contributed by atoms with Gasteiger partial charge in [0.2, 0.25) is 0 Å². The number of nitrogens with one attached hydrogen (secondary N) is 1. The van der Waals surface area contributed by atoms with Crippen LogP contribution in [0.3, 0.4) is 0 Å². The van der Waals surface area contributed by atoms with Gasteiger partial charge in [0, 0.05) is 42.0 Å². The summed E-state index contributed by atoms with van der Waals surface area (Å²) in [6.45, 7) is 0. The number of anilines is 1. The first kappa shape index (κ1) is 18.3. The Morgan fingerprint density at radius 2 is 1.72 bits per heavy atom. The van der Waals surface area contributed by atoms with Crippen LogP contribution in [-0.2, 0) is 0 Å². The predicted molar refractivity (Wildman–Crippen MR) is 116 cm³/mol. The molecule has 0 atom stereocenters. The number of hydrogen-bond acceptors (Lipinski definition) is 5. The number of pyridine rings is 2. The molecule has 5 nitrogen and oxygen atoms in total. The Morgan fingerprint density at radius 3 is 2.45 bits per heavy atom. The summed E-state index contributed by atoms with van der Waals surface area (Å²) >= 11 is 0. The Bertz CT molecular complexity index is 1040. The van der Waals surface area contributed by atoms with E-state index in [-0.39, 0.29) is 11.7 Å². The van der Waals surface area contributed by atoms with Crippen molar-refractivity contribution in [3.8, 4) is 11.1 Å². The molecule has 0 saturated heterocycles. The number of aromatic nitrogens is 2. The van der Waals surface area contributed by atoms with Crippen LogP contribution in [0.2, 0.25) is 0 Å². The van der Waals surface area contributed by atoms with Gasteiger partial charge >= 0.3 is 0 Å². The van der Waals surface area contributed by atoms with Crippen LogP contribution in [0.5, 0.6) is 0 Å². The van der Waals surface area contributed by atoms with Crippen LogP contribution >= 0.6 is 0 Å². The number of nitrogens with zero attached hydrogens (tertiary/aromatic N) is 2. The second-order valence-corrected chi connectivity index (χ2v) is 8.41. The molecule has 29 heavy (non-hydrogen) atoms. The summed E-state index contributed by atoms with van der Waals surface area (Å²) in [5.74, 6) is 0.390. The van der Waals surface area contributed by atoms with Crippen LogP contribution in [0.1, 0.15) is 48.9 Å². The molecule has 148 valence electrons. The highest BCUT2D eigenvalue weighted by atomic mass is 16.1. The zero-order valence-electron chi connectivity index (χ0n) is 16.5. The summed E-state index contributed by atoms with van der Waals surface area (Å²) in [7, 11) is 0. The molecule has 0 unspecified atom stereocenters. The molecule has 5 rings (SSSR count). The van der Waals surface area contributed by atoms with Crippen LogP contribution in [0.25, 0.3) is 22.0 Å². The van der Waals surface area contributed by atoms with Crippen LogP contribution < -0.4 is 11.1 Å². The molecule has 2 heterocycles. The molecule has 1 aromatic carbocycles. The van der Waals surface area contributed by atoms with E-state index in [1.54, 1.807) is 18.6 Å². The minimum atomic E-state index is 0.165. The fraction of sp³-hybridized carbons (Fsp3) is 0.375. The zero-order chi connectivity index (χ0) is 19.8. The summed E-state index contributed by atoms with van der Waals surface area (Å²) in [5.41, 5.74) is 10.9. The van der Waals surface area contributed by atoms with Gasteiger partial charge in [0.15, 0.2) is 5.78 Å². The lowest BCUT2D eigenvalue weighted by atomic mass is 9.91. The smallest absolute Gasteiger partial charge is 0.169 e. The van der Waals surface area contributed by atoms with Gasteiger partial charge in [-0.15, -0.1) is 0 Å². The topological polar surface area (TPSA) is 80.9 Å². The van der Waals surface area contributed by atoms with Crippen molar-refractivity contribution >= 4 is 22.4 Å². The van der Waals surface area contributed by atoms with Crippen molar-refractivity contribution < 1.29 is 4.79 Å². The number of carbonyl (C=O) groups is 1. The molecule has 3 N–H and O–H groups in total. The molecule has 0 radical (unpaired) electrons. The predicted octanol–water partition coefficient (Wildman–Crippen LogP) is 4.57. The van der Waals surface area contributed by atoms with Crippen LogP contribution in [-0.4, -0.2) is 27.8 Å². The Labute approximate surface area is 170 Å². The molecule has 0 bridgehead atoms. The normalized spacial score (nSPS) is 21.8. The average Bonchev–Trinajstić information content (AvgIpc) is 3.61. The average molecular weight is 386 g/mol. The zero-order valence-corrected chi connectivity index (χ0v) is 16.5. The lowest BCUT2D eigenvalue weighted by molar-refractivity contribution is 0.0968. The third-order valence-electron chi connectivity index (χ3n) is 6.22. The van der Waals surface area contributed by atoms with Crippen molar-refractivity contribution in [3.05, 3.63) is 54.5 Å². The van der Waals surface area contributed by atoms with E-state index in [2.05, 4.69) is 27.4 Å². The van der Waals surface area contributed by atoms with Gasteiger partial charge in [0.05, 0.1) is 16.8 Å². The van der Waals surface area contributed by atoms with Gasteiger partial charge in [-0.2, -0.15) is 0 Å². The van der Waals surface area contributed by atoms with Gasteiger partial charge in [-0.1, -0.05) is 6.07 Å². The third-order valence-corrected chi connectivity index (χ3v) is 6.22. The lowest BCUT2D eigenvalue weighted by Gasteiger charge is -2.29. The van der Waals surface area contributed by atoms with Gasteiger partial charge in [0.25, 0.3) is 0 Å². The Balaban J connectivity index is 1.60. The number of Topliss-reactive ketones (excluding diaryl/α,β-unsaturated/α-hetero) is 1. The van der Waals surface area contributed by atoms with Crippen LogP contribution in [0.4, 0.5) is 5.69 Å². The van der Waals surface area contributed by atoms with E-state index in [1.165, 1.54) is 0 Å². The molecular weight excluding hydrogens is 360 g/mol. The first-order chi connectivity index (χ1) is 14.2. The number of carbonyl (C=O) groups excluding carboxylic acids is 1. The molecule has 3 aromatic rings. The minimum Gasteiger partial charge on any atom is -0.381 e. The number of hydrogen-bond donors (Lipinski definition) is 2. The Hall–Kier alpha value is -2.79. The summed E-state index contributed by atoms with van der Waals surface area (Å²) in [4.78, 5) is 21.7. The second kappa shape index (κ2) is 7.56. The highest BCUT2D eigenvalue weighted by Crippen LogP contribution is 2.38. The van der Waals surface area contributed by atoms with E-state index in [9.17, 15) is 4.79 Å². The number of nitrogens with two attached hydrogens (primary N) is 1. The highest BCUT2D eigenvalue weighted by molar-refractivity contribution is 6.10. The molecule has 2 aromatic heterocycles. The fourth-order valence-electron chi connectivity index (χ4n) is 4.29. The number of benzene rings is 1. The third kappa shape index (κ3) is 3.75. The van der Waals surface area contributed by atoms with E-state index < -0.39 is 0 Å². The molecule has 2 fully saturated rings. The van der Waals surface area contributed by atoms with Gasteiger partial charge in [0.1, 0.15) is 0 Å². The van der Waals surface area contributed by atoms with Gasteiger partial charge in [-0.05, 0) is 73.9 Å². The molecule has 5 heteroatoms. The lowest BCUT2D eigenvalue weighted by Crippen LogP contribution is -2.33. The van der Waals surface area contributed by atoms with Crippen LogP contribution in [0, 0.1) is 5.92 Å². The molecule has 2 saturated carbocycles. The van der Waals surface area contributed by atoms with E-state index in [0.717, 1.165) is 71.8 Å². The molecule has 2 aliphatic rings. The molecule has 0 aliphatic heterocycles. The SMILES string of the molecule is N[C@H]1CC[C@H](Nc2c(C(=O)C3CC3)cnc3ccc(-c4ccncc4)cc23)CC1. The summed E-state index contributed by atoms with van der Waals surface area (Å²) in [6, 6.07) is 10.9. The summed E-state index contributed by atoms with van der Waals surface area (Å²) in [6.07, 6.45) is 11.5. The Morgan fingerprint density at radius 1 is 0.966 bits per heavy atom. The van der Waals surface area contributed by atoms with Crippen molar-refractivity contribution in [3.63, 3.8) is 0 Å². The quantitative estimate of drug-likeness (QED) is 0.628. The van der Waals surface area contributed by atoms with Crippen molar-refractivity contribution in [2.45, 2.75) is 50.6 Å². The minimum absolute atomic E-state index is 0.165. The molecule has 0 amide bonds. The van der Waals surface area contributed by atoms with Gasteiger partial charge < -0.3 is 11.1 Å². The van der Waals surface area contributed by atoms with Gasteiger partial charge in [-0.25, -0.2) is 0 Å². The van der Waals surface area contributed by atoms with Crippen molar-refractivity contribution in [2.24, 2.45) is 11.7 Å². The molecule has 0 spiro atoms. The fourth-order valence-corrected chi connectivity index (χ4v) is 4.29. The van der Waals surface area contributed by atoms with Gasteiger partial charge in [-0.3, -0.25) is 14.8 Å². The van der Waals surface area contributed by atoms with E-state index in [1.807, 2.05) is 18.2 Å². The maximum atomic E-state index is 13.0. The van der Waals surface area contributed by atoms with E-state index in [4.69, 9.17) is 5.73 Å². The van der Waals surface area contributed by atoms with Crippen molar-refractivity contribution in [1.82, 2.24) is 9.97 Å². The number of ketones is 1. The summed E-state index contributed by atoms with van der Waals surface area (Å²) in [5, 5.41) is 4.74.